The lowest BCUT2D eigenvalue weighted by atomic mass is 10.1. The Morgan fingerprint density at radius 1 is 1.19 bits per heavy atom. The zero-order valence-electron chi connectivity index (χ0n) is 11.9. The fraction of sp³-hybridized carbons (Fsp3) is 0.235. The van der Waals surface area contributed by atoms with Crippen LogP contribution < -0.4 is 0 Å². The lowest BCUT2D eigenvalue weighted by Gasteiger charge is -2.16. The Morgan fingerprint density at radius 3 is 2.57 bits per heavy atom. The van der Waals surface area contributed by atoms with Gasteiger partial charge in [-0.15, -0.1) is 0 Å². The third kappa shape index (κ3) is 5.27. The number of halogens is 2. The van der Waals surface area contributed by atoms with Crippen molar-refractivity contribution >= 4 is 33.3 Å². The van der Waals surface area contributed by atoms with Gasteiger partial charge in [0.1, 0.15) is 0 Å². The lowest BCUT2D eigenvalue weighted by Crippen LogP contribution is -2.21. The maximum atomic E-state index is 12.1. The Bertz CT molecular complexity index is 612. The van der Waals surface area contributed by atoms with Crippen LogP contribution >= 0.6 is 27.5 Å². The predicted octanol–water partition coefficient (Wildman–Crippen LogP) is 4.81. The first-order valence-corrected chi connectivity index (χ1v) is 7.93. The van der Waals surface area contributed by atoms with E-state index >= 15 is 0 Å². The Hall–Kier alpha value is -1.16. The molecule has 0 aliphatic heterocycles. The van der Waals surface area contributed by atoms with Crippen LogP contribution in [0.25, 0.3) is 0 Å². The molecule has 0 bridgehead atoms. The first-order valence-electron chi connectivity index (χ1n) is 6.76. The van der Waals surface area contributed by atoms with Crippen molar-refractivity contribution in [2.75, 3.05) is 13.6 Å². The lowest BCUT2D eigenvalue weighted by molar-refractivity contribution is 0.0968. The average Bonchev–Trinajstić information content (AvgIpc) is 2.47. The monoisotopic (exact) mass is 365 g/mol. The van der Waals surface area contributed by atoms with Gasteiger partial charge in [-0.05, 0) is 36.9 Å². The molecular formula is C17H17BrClNO. The van der Waals surface area contributed by atoms with Gasteiger partial charge >= 0.3 is 0 Å². The fourth-order valence-corrected chi connectivity index (χ4v) is 2.60. The number of benzene rings is 2. The van der Waals surface area contributed by atoms with Gasteiger partial charge in [-0.1, -0.05) is 51.8 Å². The summed E-state index contributed by atoms with van der Waals surface area (Å²) in [5.41, 5.74) is 1.95. The van der Waals surface area contributed by atoms with Gasteiger partial charge in [0.15, 0.2) is 5.78 Å². The number of hydrogen-bond acceptors (Lipinski definition) is 2. The van der Waals surface area contributed by atoms with Gasteiger partial charge in [0.2, 0.25) is 0 Å². The molecule has 21 heavy (non-hydrogen) atoms. The van der Waals surface area contributed by atoms with Crippen molar-refractivity contribution in [3.8, 4) is 0 Å². The largest absolute Gasteiger partial charge is 0.302 e. The highest BCUT2D eigenvalue weighted by molar-refractivity contribution is 9.10. The number of ketones is 1. The van der Waals surface area contributed by atoms with Crippen molar-refractivity contribution in [3.05, 3.63) is 69.2 Å². The molecule has 0 amide bonds. The molecule has 4 heteroatoms. The molecule has 0 fully saturated rings. The fourth-order valence-electron chi connectivity index (χ4n) is 2.08. The minimum atomic E-state index is 0.166. The molecule has 0 N–H and O–H groups in total. The maximum Gasteiger partial charge on any atom is 0.164 e. The first-order chi connectivity index (χ1) is 10.0. The zero-order chi connectivity index (χ0) is 15.2. The van der Waals surface area contributed by atoms with Crippen molar-refractivity contribution in [1.82, 2.24) is 4.90 Å². The summed E-state index contributed by atoms with van der Waals surface area (Å²) in [5, 5.41) is 0.742. The Morgan fingerprint density at radius 2 is 1.90 bits per heavy atom. The summed E-state index contributed by atoms with van der Waals surface area (Å²) in [7, 11) is 2.02. The molecule has 2 aromatic carbocycles. The molecule has 110 valence electrons. The van der Waals surface area contributed by atoms with Crippen LogP contribution in [-0.4, -0.2) is 24.3 Å². The Kier molecular flexibility index (Phi) is 5.97. The second-order valence-corrected chi connectivity index (χ2v) is 6.40. The third-order valence-electron chi connectivity index (χ3n) is 3.23. The van der Waals surface area contributed by atoms with Crippen LogP contribution in [0.5, 0.6) is 0 Å². The van der Waals surface area contributed by atoms with Crippen LogP contribution in [0.3, 0.4) is 0 Å². The second kappa shape index (κ2) is 7.74. The molecule has 2 nitrogen and oxygen atoms in total. The summed E-state index contributed by atoms with van der Waals surface area (Å²) in [6.45, 7) is 1.54. The zero-order valence-corrected chi connectivity index (χ0v) is 14.2. The van der Waals surface area contributed by atoms with E-state index in [1.165, 1.54) is 5.56 Å². The Labute approximate surface area is 138 Å². The van der Waals surface area contributed by atoms with Gasteiger partial charge in [0.25, 0.3) is 0 Å². The molecule has 2 aromatic rings. The van der Waals surface area contributed by atoms with Crippen molar-refractivity contribution < 1.29 is 4.79 Å². The molecule has 0 unspecified atom stereocenters. The third-order valence-corrected chi connectivity index (χ3v) is 3.98. The number of hydrogen-bond donors (Lipinski definition) is 0. The maximum absolute atomic E-state index is 12.1. The standard InChI is InChI=1S/C17H17BrClNO/c1-20(12-13-5-7-16(19)8-6-13)10-9-17(21)14-3-2-4-15(18)11-14/h2-8,11H,9-10,12H2,1H3. The number of carbonyl (C=O) groups is 1. The van der Waals surface area contributed by atoms with E-state index in [1.807, 2.05) is 55.6 Å². The van der Waals surface area contributed by atoms with Gasteiger partial charge in [-0.3, -0.25) is 4.79 Å². The Balaban J connectivity index is 1.84. The molecule has 0 radical (unpaired) electrons. The van der Waals surface area contributed by atoms with Gasteiger partial charge in [-0.25, -0.2) is 0 Å². The number of Topliss-reactive ketones (excluding diaryl/α,β-unsaturated/α-hetero) is 1. The van der Waals surface area contributed by atoms with Gasteiger partial charge in [0.05, 0.1) is 0 Å². The normalized spacial score (nSPS) is 10.9. The molecule has 0 atom stereocenters. The van der Waals surface area contributed by atoms with E-state index in [0.29, 0.717) is 6.42 Å². The summed E-state index contributed by atoms with van der Waals surface area (Å²) in [4.78, 5) is 14.3. The van der Waals surface area contributed by atoms with E-state index in [-0.39, 0.29) is 5.78 Å². The molecule has 0 saturated carbocycles. The van der Waals surface area contributed by atoms with Crippen molar-refractivity contribution in [3.63, 3.8) is 0 Å². The van der Waals surface area contributed by atoms with Crippen LogP contribution in [0.4, 0.5) is 0 Å². The van der Waals surface area contributed by atoms with Crippen molar-refractivity contribution in [1.29, 1.82) is 0 Å². The molecule has 0 aliphatic rings. The molecule has 0 aliphatic carbocycles. The van der Waals surface area contributed by atoms with E-state index in [0.717, 1.165) is 28.1 Å². The summed E-state index contributed by atoms with van der Waals surface area (Å²) in [6, 6.07) is 15.3. The number of nitrogens with zero attached hydrogens (tertiary/aromatic N) is 1. The highest BCUT2D eigenvalue weighted by Crippen LogP contribution is 2.14. The van der Waals surface area contributed by atoms with Crippen molar-refractivity contribution in [2.45, 2.75) is 13.0 Å². The molecule has 0 saturated heterocycles. The van der Waals surface area contributed by atoms with Gasteiger partial charge < -0.3 is 4.90 Å². The number of carbonyl (C=O) groups excluding carboxylic acids is 1. The van der Waals surface area contributed by atoms with E-state index in [1.54, 1.807) is 0 Å². The minimum Gasteiger partial charge on any atom is -0.302 e. The van der Waals surface area contributed by atoms with E-state index in [2.05, 4.69) is 20.8 Å². The van der Waals surface area contributed by atoms with Gasteiger partial charge in [-0.2, -0.15) is 0 Å². The molecule has 0 heterocycles. The van der Waals surface area contributed by atoms with Crippen LogP contribution in [0, 0.1) is 0 Å². The predicted molar refractivity (Wildman–Crippen MR) is 90.9 cm³/mol. The van der Waals surface area contributed by atoms with Crippen LogP contribution in [0.1, 0.15) is 22.3 Å². The smallest absolute Gasteiger partial charge is 0.164 e. The highest BCUT2D eigenvalue weighted by Gasteiger charge is 2.08. The SMILES string of the molecule is CN(CCC(=O)c1cccc(Br)c1)Cc1ccc(Cl)cc1. The summed E-state index contributed by atoms with van der Waals surface area (Å²) in [6.07, 6.45) is 0.514. The summed E-state index contributed by atoms with van der Waals surface area (Å²) >= 11 is 9.26. The highest BCUT2D eigenvalue weighted by atomic mass is 79.9. The van der Waals surface area contributed by atoms with Crippen molar-refractivity contribution in [2.24, 2.45) is 0 Å². The molecule has 2 rings (SSSR count). The van der Waals surface area contributed by atoms with E-state index < -0.39 is 0 Å². The number of rotatable bonds is 6. The topological polar surface area (TPSA) is 20.3 Å². The summed E-state index contributed by atoms with van der Waals surface area (Å²) < 4.78 is 0.933. The minimum absolute atomic E-state index is 0.166. The first kappa shape index (κ1) is 16.2. The second-order valence-electron chi connectivity index (χ2n) is 5.05. The van der Waals surface area contributed by atoms with Crippen LogP contribution in [-0.2, 0) is 6.54 Å². The van der Waals surface area contributed by atoms with Crippen LogP contribution in [0.15, 0.2) is 53.0 Å². The van der Waals surface area contributed by atoms with Crippen LogP contribution in [0.2, 0.25) is 5.02 Å². The van der Waals surface area contributed by atoms with Gasteiger partial charge in [0, 0.05) is 34.6 Å². The molecule has 0 spiro atoms. The van der Waals surface area contributed by atoms with E-state index in [4.69, 9.17) is 11.6 Å². The van der Waals surface area contributed by atoms with E-state index in [9.17, 15) is 4.79 Å². The quantitative estimate of drug-likeness (QED) is 0.684. The summed E-state index contributed by atoms with van der Waals surface area (Å²) in [5.74, 6) is 0.166. The average molecular weight is 367 g/mol. The molecular weight excluding hydrogens is 350 g/mol. The molecule has 0 aromatic heterocycles.